The van der Waals surface area contributed by atoms with Crippen LogP contribution in [0.15, 0.2) is 35.5 Å². The molecule has 1 aromatic carbocycles. The van der Waals surface area contributed by atoms with E-state index in [0.29, 0.717) is 67.1 Å². The van der Waals surface area contributed by atoms with Crippen molar-refractivity contribution in [3.63, 3.8) is 0 Å². The molecule has 39 heavy (non-hydrogen) atoms. The predicted octanol–water partition coefficient (Wildman–Crippen LogP) is 4.25. The molecule has 0 amide bonds. The second-order valence-electron chi connectivity index (χ2n) is 11.0. The van der Waals surface area contributed by atoms with Gasteiger partial charge >= 0.3 is 0 Å². The van der Waals surface area contributed by atoms with E-state index in [1.165, 1.54) is 10.4 Å². The number of rotatable bonds is 8. The zero-order valence-electron chi connectivity index (χ0n) is 23.0. The Morgan fingerprint density at radius 3 is 2.51 bits per heavy atom. The molecule has 0 radical (unpaired) electrons. The Labute approximate surface area is 230 Å². The van der Waals surface area contributed by atoms with Crippen molar-refractivity contribution in [3.8, 4) is 11.1 Å². The number of aliphatic hydroxyl groups excluding tert-OH is 1. The number of nitrogens with one attached hydrogen (secondary N) is 1. The maximum atomic E-state index is 15.7. The molecular formula is C28H39FN6O3S. The van der Waals surface area contributed by atoms with E-state index in [1.54, 1.807) is 12.3 Å². The molecule has 1 saturated heterocycles. The molecule has 11 heteroatoms. The lowest BCUT2D eigenvalue weighted by molar-refractivity contribution is 0.111. The van der Waals surface area contributed by atoms with E-state index in [0.717, 1.165) is 31.7 Å². The van der Waals surface area contributed by atoms with Gasteiger partial charge in [0.2, 0.25) is 16.0 Å². The summed E-state index contributed by atoms with van der Waals surface area (Å²) in [5.74, 6) is -0.0682. The number of hydrogen-bond donors (Lipinski definition) is 2. The largest absolute Gasteiger partial charge is 0.393 e. The van der Waals surface area contributed by atoms with Gasteiger partial charge in [-0.2, -0.15) is 9.29 Å². The van der Waals surface area contributed by atoms with E-state index in [1.807, 2.05) is 13.2 Å². The van der Waals surface area contributed by atoms with Gasteiger partial charge in [0.05, 0.1) is 11.0 Å². The average molecular weight is 559 g/mol. The van der Waals surface area contributed by atoms with Crippen LogP contribution in [-0.2, 0) is 10.0 Å². The topological polar surface area (TPSA) is 104 Å². The van der Waals surface area contributed by atoms with Gasteiger partial charge in [-0.15, -0.1) is 0 Å². The summed E-state index contributed by atoms with van der Waals surface area (Å²) >= 11 is 0. The summed E-state index contributed by atoms with van der Waals surface area (Å²) in [6.07, 6.45) is 8.38. The van der Waals surface area contributed by atoms with Gasteiger partial charge in [-0.05, 0) is 58.2 Å². The van der Waals surface area contributed by atoms with Crippen molar-refractivity contribution in [2.24, 2.45) is 0 Å². The molecule has 0 spiro atoms. The van der Waals surface area contributed by atoms with Crippen molar-refractivity contribution in [2.45, 2.75) is 75.5 Å². The number of piperazine rings is 1. The first kappa shape index (κ1) is 27.9. The van der Waals surface area contributed by atoms with Gasteiger partial charge in [-0.25, -0.2) is 17.8 Å². The van der Waals surface area contributed by atoms with Gasteiger partial charge < -0.3 is 19.9 Å². The molecule has 2 N–H and O–H groups in total. The first-order chi connectivity index (χ1) is 18.7. The van der Waals surface area contributed by atoms with Crippen molar-refractivity contribution in [1.82, 2.24) is 23.7 Å². The molecule has 1 aliphatic heterocycles. The van der Waals surface area contributed by atoms with E-state index in [9.17, 15) is 13.5 Å². The number of benzene rings is 1. The zero-order chi connectivity index (χ0) is 27.7. The first-order valence-corrected chi connectivity index (χ1v) is 15.4. The molecule has 212 valence electrons. The Balaban J connectivity index is 1.52. The Bertz CT molecular complexity index is 1410. The minimum absolute atomic E-state index is 0.0362. The number of anilines is 1. The van der Waals surface area contributed by atoms with Crippen LogP contribution in [0.2, 0.25) is 0 Å². The summed E-state index contributed by atoms with van der Waals surface area (Å²) in [6, 6.07) is 4.52. The highest BCUT2D eigenvalue weighted by Gasteiger charge is 2.29. The molecule has 3 heterocycles. The van der Waals surface area contributed by atoms with Crippen molar-refractivity contribution in [1.29, 1.82) is 0 Å². The first-order valence-electron chi connectivity index (χ1n) is 14.0. The van der Waals surface area contributed by atoms with Crippen molar-refractivity contribution >= 4 is 27.0 Å². The standard InChI is InChI=1S/C28H39FN6O3S/c1-4-5-19(2)31-28-30-17-24-25(18-35(27(24)32-28)20-6-8-21(36)9-7-20)23-11-10-22(16-26(23)29)39(37,38)34-14-12-33(3)13-15-34/h10-11,16-21,36H,4-9,12-15H2,1-3H3,(H,30,31,32). The number of hydrogen-bond acceptors (Lipinski definition) is 7. The molecule has 1 aliphatic carbocycles. The lowest BCUT2D eigenvalue weighted by Crippen LogP contribution is -2.47. The predicted molar refractivity (Wildman–Crippen MR) is 151 cm³/mol. The van der Waals surface area contributed by atoms with E-state index >= 15 is 4.39 Å². The van der Waals surface area contributed by atoms with Gasteiger partial charge in [0.1, 0.15) is 11.5 Å². The molecule has 2 aliphatic rings. The molecular weight excluding hydrogens is 519 g/mol. The lowest BCUT2D eigenvalue weighted by Gasteiger charge is -2.31. The molecule has 9 nitrogen and oxygen atoms in total. The highest BCUT2D eigenvalue weighted by molar-refractivity contribution is 7.89. The molecule has 0 bridgehead atoms. The summed E-state index contributed by atoms with van der Waals surface area (Å²) in [5, 5.41) is 14.1. The summed E-state index contributed by atoms with van der Waals surface area (Å²) in [4.78, 5) is 11.4. The van der Waals surface area contributed by atoms with Crippen LogP contribution in [0.1, 0.15) is 58.4 Å². The second-order valence-corrected chi connectivity index (χ2v) is 13.0. The number of aliphatic hydroxyl groups is 1. The SMILES string of the molecule is CCCC(C)Nc1ncc2c(-c3ccc(S(=O)(=O)N4CCN(C)CC4)cc3F)cn(C3CCC(O)CC3)c2n1. The van der Waals surface area contributed by atoms with Crippen molar-refractivity contribution in [3.05, 3.63) is 36.4 Å². The fraction of sp³-hybridized carbons (Fsp3) is 0.571. The van der Waals surface area contributed by atoms with Crippen LogP contribution in [0, 0.1) is 5.82 Å². The van der Waals surface area contributed by atoms with E-state index in [4.69, 9.17) is 4.98 Å². The lowest BCUT2D eigenvalue weighted by atomic mass is 9.93. The summed E-state index contributed by atoms with van der Waals surface area (Å²) in [5.41, 5.74) is 1.65. The van der Waals surface area contributed by atoms with Crippen LogP contribution in [0.5, 0.6) is 0 Å². The highest BCUT2D eigenvalue weighted by atomic mass is 32.2. The quantitative estimate of drug-likeness (QED) is 0.426. The smallest absolute Gasteiger partial charge is 0.243 e. The third-order valence-electron chi connectivity index (χ3n) is 8.06. The van der Waals surface area contributed by atoms with Crippen molar-refractivity contribution in [2.75, 3.05) is 38.5 Å². The third kappa shape index (κ3) is 5.82. The van der Waals surface area contributed by atoms with Gasteiger partial charge in [0, 0.05) is 67.2 Å². The van der Waals surface area contributed by atoms with E-state index in [2.05, 4.69) is 33.6 Å². The van der Waals surface area contributed by atoms with Crippen molar-refractivity contribution < 1.29 is 17.9 Å². The third-order valence-corrected chi connectivity index (χ3v) is 9.95. The average Bonchev–Trinajstić information content (AvgIpc) is 3.28. The van der Waals surface area contributed by atoms with E-state index < -0.39 is 15.8 Å². The minimum Gasteiger partial charge on any atom is -0.393 e. The molecule has 2 aromatic heterocycles. The van der Waals surface area contributed by atoms with Crippen LogP contribution in [0.4, 0.5) is 10.3 Å². The van der Waals surface area contributed by atoms with Crippen LogP contribution in [-0.4, -0.2) is 82.6 Å². The number of likely N-dealkylation sites (N-methyl/N-ethyl adjacent to an activating group) is 1. The zero-order valence-corrected chi connectivity index (χ0v) is 23.8. The van der Waals surface area contributed by atoms with Gasteiger partial charge in [-0.1, -0.05) is 19.4 Å². The van der Waals surface area contributed by atoms with Gasteiger partial charge in [0.25, 0.3) is 0 Å². The van der Waals surface area contributed by atoms with Gasteiger partial charge in [0.15, 0.2) is 0 Å². The van der Waals surface area contributed by atoms with Crippen LogP contribution in [0.25, 0.3) is 22.2 Å². The molecule has 1 unspecified atom stereocenters. The second kappa shape index (κ2) is 11.5. The molecule has 1 atom stereocenters. The van der Waals surface area contributed by atoms with E-state index in [-0.39, 0.29) is 23.1 Å². The number of aromatic nitrogens is 3. The Hall–Kier alpha value is -2.60. The number of nitrogens with zero attached hydrogens (tertiary/aromatic N) is 5. The van der Waals surface area contributed by atoms with Crippen LogP contribution in [0.3, 0.4) is 0 Å². The fourth-order valence-corrected chi connectivity index (χ4v) is 7.14. The fourth-order valence-electron chi connectivity index (χ4n) is 5.71. The molecule has 3 aromatic rings. The summed E-state index contributed by atoms with van der Waals surface area (Å²) in [7, 11) is -1.83. The maximum absolute atomic E-state index is 15.7. The summed E-state index contributed by atoms with van der Waals surface area (Å²) in [6.45, 7) is 6.29. The maximum Gasteiger partial charge on any atom is 0.243 e. The highest BCUT2D eigenvalue weighted by Crippen LogP contribution is 2.38. The summed E-state index contributed by atoms with van der Waals surface area (Å²) < 4.78 is 45.6. The Kier molecular flexibility index (Phi) is 8.23. The Morgan fingerprint density at radius 2 is 1.85 bits per heavy atom. The number of halogens is 1. The monoisotopic (exact) mass is 558 g/mol. The molecule has 5 rings (SSSR count). The minimum atomic E-state index is -3.78. The Morgan fingerprint density at radius 1 is 1.13 bits per heavy atom. The molecule has 1 saturated carbocycles. The van der Waals surface area contributed by atoms with Crippen LogP contribution < -0.4 is 5.32 Å². The number of sulfonamides is 1. The van der Waals surface area contributed by atoms with Gasteiger partial charge in [-0.3, -0.25) is 0 Å². The molecule has 2 fully saturated rings. The van der Waals surface area contributed by atoms with Crippen LogP contribution >= 0.6 is 0 Å². The normalized spacial score (nSPS) is 22.3. The number of fused-ring (bicyclic) bond motifs is 1.